The number of nitrogens with one attached hydrogen (secondary N) is 2. The van der Waals surface area contributed by atoms with Gasteiger partial charge >= 0.3 is 0 Å². The maximum Gasteiger partial charge on any atom is 0.203 e. The smallest absolute Gasteiger partial charge is 0.203 e. The number of halogens is 1. The van der Waals surface area contributed by atoms with E-state index in [2.05, 4.69) is 36.4 Å². The fourth-order valence-electron chi connectivity index (χ4n) is 2.46. The Bertz CT molecular complexity index is 526. The molecule has 0 aliphatic heterocycles. The fraction of sp³-hybridized carbons (Fsp3) is 0.632. The van der Waals surface area contributed by atoms with E-state index in [1.54, 1.807) is 21.3 Å². The molecule has 0 aromatic heterocycles. The molecule has 150 valence electrons. The van der Waals surface area contributed by atoms with Gasteiger partial charge in [-0.2, -0.15) is 0 Å². The van der Waals surface area contributed by atoms with Crippen molar-refractivity contribution in [3.05, 3.63) is 17.7 Å². The summed E-state index contributed by atoms with van der Waals surface area (Å²) in [6, 6.07) is 3.85. The first kappa shape index (κ1) is 24.6. The highest BCUT2D eigenvalue weighted by Crippen LogP contribution is 2.38. The van der Waals surface area contributed by atoms with Gasteiger partial charge in [-0.05, 0) is 43.4 Å². The molecule has 6 nitrogen and oxygen atoms in total. The molecule has 0 aliphatic carbocycles. The average Bonchev–Trinajstić information content (AvgIpc) is 2.61. The molecule has 0 atom stereocenters. The van der Waals surface area contributed by atoms with Crippen LogP contribution in [0.1, 0.15) is 39.2 Å². The third-order valence-electron chi connectivity index (χ3n) is 3.74. The molecular weight excluding hydrogens is 445 g/mol. The van der Waals surface area contributed by atoms with Crippen LogP contribution in [-0.4, -0.2) is 40.4 Å². The molecule has 0 amide bonds. The van der Waals surface area contributed by atoms with Crippen LogP contribution < -0.4 is 24.8 Å². The quantitative estimate of drug-likeness (QED) is 0.231. The zero-order valence-corrected chi connectivity index (χ0v) is 19.2. The van der Waals surface area contributed by atoms with E-state index < -0.39 is 0 Å². The highest BCUT2D eigenvalue weighted by Gasteiger charge is 2.13. The van der Waals surface area contributed by atoms with Crippen molar-refractivity contribution in [2.45, 2.75) is 40.2 Å². The largest absolute Gasteiger partial charge is 0.493 e. The Morgan fingerprint density at radius 3 is 2.12 bits per heavy atom. The predicted molar refractivity (Wildman–Crippen MR) is 118 cm³/mol. The van der Waals surface area contributed by atoms with Gasteiger partial charge in [-0.3, -0.25) is 0 Å². The lowest BCUT2D eigenvalue weighted by Crippen LogP contribution is -2.37. The third kappa shape index (κ3) is 8.33. The van der Waals surface area contributed by atoms with Crippen molar-refractivity contribution in [1.29, 1.82) is 0 Å². The molecule has 1 aromatic carbocycles. The van der Waals surface area contributed by atoms with Crippen molar-refractivity contribution in [3.63, 3.8) is 0 Å². The molecule has 0 saturated carbocycles. The van der Waals surface area contributed by atoms with Gasteiger partial charge in [0.05, 0.1) is 27.9 Å². The first-order valence-electron chi connectivity index (χ1n) is 8.86. The van der Waals surface area contributed by atoms with Crippen LogP contribution in [0.4, 0.5) is 0 Å². The van der Waals surface area contributed by atoms with Gasteiger partial charge in [-0.1, -0.05) is 13.8 Å². The molecule has 1 aromatic rings. The molecule has 26 heavy (non-hydrogen) atoms. The van der Waals surface area contributed by atoms with Crippen molar-refractivity contribution in [2.75, 3.05) is 34.4 Å². The summed E-state index contributed by atoms with van der Waals surface area (Å²) in [4.78, 5) is 4.65. The minimum atomic E-state index is 0. The normalized spacial score (nSPS) is 11.0. The first-order chi connectivity index (χ1) is 12.0. The SMILES string of the molecule is CCNC(=NCc1cc(OC)c(OC)c(OC)c1)NCCCC(C)C.I. The maximum absolute atomic E-state index is 5.39. The van der Waals surface area contributed by atoms with Crippen LogP contribution >= 0.6 is 24.0 Å². The van der Waals surface area contributed by atoms with Gasteiger partial charge in [-0.15, -0.1) is 24.0 Å². The fourth-order valence-corrected chi connectivity index (χ4v) is 2.46. The summed E-state index contributed by atoms with van der Waals surface area (Å²) < 4.78 is 16.1. The molecule has 0 heterocycles. The summed E-state index contributed by atoms with van der Waals surface area (Å²) in [6.45, 7) is 8.80. The zero-order valence-electron chi connectivity index (χ0n) is 16.8. The second-order valence-corrected chi connectivity index (χ2v) is 6.19. The van der Waals surface area contributed by atoms with E-state index in [0.717, 1.165) is 37.0 Å². The Labute approximate surface area is 175 Å². The summed E-state index contributed by atoms with van der Waals surface area (Å²) in [5.41, 5.74) is 0.994. The summed E-state index contributed by atoms with van der Waals surface area (Å²) in [5.74, 6) is 3.42. The topological polar surface area (TPSA) is 64.1 Å². The van der Waals surface area contributed by atoms with Gasteiger partial charge in [0.2, 0.25) is 5.75 Å². The highest BCUT2D eigenvalue weighted by molar-refractivity contribution is 14.0. The van der Waals surface area contributed by atoms with Gasteiger partial charge < -0.3 is 24.8 Å². The van der Waals surface area contributed by atoms with Gasteiger partial charge in [-0.25, -0.2) is 4.99 Å². The predicted octanol–water partition coefficient (Wildman–Crippen LogP) is 3.82. The van der Waals surface area contributed by atoms with Crippen molar-refractivity contribution >= 4 is 29.9 Å². The Balaban J connectivity index is 0.00000625. The van der Waals surface area contributed by atoms with Crippen LogP contribution in [0.3, 0.4) is 0 Å². The Kier molecular flexibility index (Phi) is 13.0. The van der Waals surface area contributed by atoms with E-state index in [1.807, 2.05) is 12.1 Å². The second-order valence-electron chi connectivity index (χ2n) is 6.19. The molecule has 0 unspecified atom stereocenters. The number of ether oxygens (including phenoxy) is 3. The molecule has 1 rings (SSSR count). The molecule has 2 N–H and O–H groups in total. The van der Waals surface area contributed by atoms with Crippen LogP contribution in [0.25, 0.3) is 0 Å². The Morgan fingerprint density at radius 1 is 1.04 bits per heavy atom. The molecule has 7 heteroatoms. The number of aliphatic imine (C=N–C) groups is 1. The van der Waals surface area contributed by atoms with Gasteiger partial charge in [0.15, 0.2) is 17.5 Å². The van der Waals surface area contributed by atoms with E-state index in [-0.39, 0.29) is 24.0 Å². The number of benzene rings is 1. The monoisotopic (exact) mass is 479 g/mol. The molecule has 0 aliphatic rings. The third-order valence-corrected chi connectivity index (χ3v) is 3.74. The average molecular weight is 479 g/mol. The number of nitrogens with zero attached hydrogens (tertiary/aromatic N) is 1. The number of hydrogen-bond donors (Lipinski definition) is 2. The van der Waals surface area contributed by atoms with Crippen LogP contribution in [-0.2, 0) is 6.54 Å². The minimum absolute atomic E-state index is 0. The van der Waals surface area contributed by atoms with E-state index in [4.69, 9.17) is 14.2 Å². The number of rotatable bonds is 10. The number of hydrogen-bond acceptors (Lipinski definition) is 4. The molecule has 0 saturated heterocycles. The van der Waals surface area contributed by atoms with E-state index in [1.165, 1.54) is 6.42 Å². The standard InChI is InChI=1S/C19H33N3O3.HI/c1-7-20-19(21-10-8-9-14(2)3)22-13-15-11-16(23-4)18(25-6)17(12-15)24-5;/h11-12,14H,7-10,13H2,1-6H3,(H2,20,21,22);1H. The first-order valence-corrected chi connectivity index (χ1v) is 8.86. The van der Waals surface area contributed by atoms with E-state index in [0.29, 0.717) is 23.8 Å². The van der Waals surface area contributed by atoms with Gasteiger partial charge in [0, 0.05) is 13.1 Å². The molecule has 0 fully saturated rings. The van der Waals surface area contributed by atoms with Gasteiger partial charge in [0.1, 0.15) is 0 Å². The Morgan fingerprint density at radius 2 is 1.65 bits per heavy atom. The van der Waals surface area contributed by atoms with Crippen molar-refractivity contribution in [3.8, 4) is 17.2 Å². The Hall–Kier alpha value is -1.38. The van der Waals surface area contributed by atoms with Crippen molar-refractivity contribution < 1.29 is 14.2 Å². The lowest BCUT2D eigenvalue weighted by Gasteiger charge is -2.14. The summed E-state index contributed by atoms with van der Waals surface area (Å²) in [6.07, 6.45) is 2.34. The highest BCUT2D eigenvalue weighted by atomic mass is 127. The summed E-state index contributed by atoms with van der Waals surface area (Å²) in [7, 11) is 4.83. The van der Waals surface area contributed by atoms with Crippen LogP contribution in [0.2, 0.25) is 0 Å². The van der Waals surface area contributed by atoms with Crippen molar-refractivity contribution in [1.82, 2.24) is 10.6 Å². The molecule has 0 spiro atoms. The maximum atomic E-state index is 5.39. The van der Waals surface area contributed by atoms with E-state index in [9.17, 15) is 0 Å². The summed E-state index contributed by atoms with van der Waals surface area (Å²) in [5, 5.41) is 6.65. The number of guanidine groups is 1. The minimum Gasteiger partial charge on any atom is -0.493 e. The summed E-state index contributed by atoms with van der Waals surface area (Å²) >= 11 is 0. The lowest BCUT2D eigenvalue weighted by molar-refractivity contribution is 0.324. The molecular formula is C19H34IN3O3. The van der Waals surface area contributed by atoms with Crippen LogP contribution in [0.5, 0.6) is 17.2 Å². The van der Waals surface area contributed by atoms with Crippen molar-refractivity contribution in [2.24, 2.45) is 10.9 Å². The second kappa shape index (κ2) is 13.8. The number of methoxy groups -OCH3 is 3. The van der Waals surface area contributed by atoms with E-state index >= 15 is 0 Å². The molecule has 0 radical (unpaired) electrons. The molecule has 0 bridgehead atoms. The van der Waals surface area contributed by atoms with Gasteiger partial charge in [0.25, 0.3) is 0 Å². The van der Waals surface area contributed by atoms with Crippen LogP contribution in [0.15, 0.2) is 17.1 Å². The lowest BCUT2D eigenvalue weighted by atomic mass is 10.1. The zero-order chi connectivity index (χ0) is 18.7. The van der Waals surface area contributed by atoms with Crippen LogP contribution in [0, 0.1) is 5.92 Å².